The molecule has 8 heteroatoms. The van der Waals surface area contributed by atoms with Gasteiger partial charge in [0.2, 0.25) is 5.95 Å². The highest BCUT2D eigenvalue weighted by atomic mass is 16.5. The number of nitrogens with zero attached hydrogens (tertiary/aromatic N) is 3. The first-order valence-corrected chi connectivity index (χ1v) is 4.63. The third kappa shape index (κ3) is 1.88. The topological polar surface area (TPSA) is 119 Å². The number of aromatic nitrogens is 4. The monoisotopic (exact) mass is 225 g/mol. The molecule has 16 heavy (non-hydrogen) atoms. The van der Waals surface area contributed by atoms with Crippen molar-refractivity contribution in [1.29, 1.82) is 0 Å². The van der Waals surface area contributed by atoms with Crippen LogP contribution in [0.25, 0.3) is 5.52 Å². The number of aromatic amines is 1. The molecule has 0 aromatic carbocycles. The van der Waals surface area contributed by atoms with E-state index < -0.39 is 0 Å². The molecular weight excluding hydrogens is 214 g/mol. The number of H-pyrrole nitrogens is 1. The van der Waals surface area contributed by atoms with Gasteiger partial charge in [-0.3, -0.25) is 9.78 Å². The van der Waals surface area contributed by atoms with Crippen molar-refractivity contribution in [1.82, 2.24) is 19.6 Å². The molecule has 2 aromatic rings. The van der Waals surface area contributed by atoms with Gasteiger partial charge in [0, 0.05) is 0 Å². The Balaban J connectivity index is 2.36. The third-order valence-corrected chi connectivity index (χ3v) is 1.96. The van der Waals surface area contributed by atoms with Crippen LogP contribution >= 0.6 is 0 Å². The van der Waals surface area contributed by atoms with Gasteiger partial charge in [-0.15, -0.1) is 5.10 Å². The fourth-order valence-corrected chi connectivity index (χ4v) is 1.29. The Morgan fingerprint density at radius 1 is 1.62 bits per heavy atom. The van der Waals surface area contributed by atoms with Crippen LogP contribution in [0.4, 0.5) is 5.95 Å². The third-order valence-electron chi connectivity index (χ3n) is 1.96. The number of hydrogen-bond donors (Lipinski definition) is 3. The smallest absolute Gasteiger partial charge is 0.278 e. The molecular formula is C8H11N5O3. The van der Waals surface area contributed by atoms with Gasteiger partial charge in [0.25, 0.3) is 5.56 Å². The van der Waals surface area contributed by atoms with Gasteiger partial charge in [0.05, 0.1) is 19.4 Å². The van der Waals surface area contributed by atoms with Gasteiger partial charge in [-0.25, -0.2) is 9.50 Å². The maximum atomic E-state index is 11.4. The summed E-state index contributed by atoms with van der Waals surface area (Å²) in [4.78, 5) is 17.8. The van der Waals surface area contributed by atoms with E-state index in [1.165, 1.54) is 10.7 Å². The van der Waals surface area contributed by atoms with E-state index in [2.05, 4.69) is 15.1 Å². The molecule has 2 rings (SSSR count). The van der Waals surface area contributed by atoms with E-state index in [1.807, 2.05) is 0 Å². The lowest BCUT2D eigenvalue weighted by molar-refractivity contribution is 0.0769. The number of hydrogen-bond acceptors (Lipinski definition) is 6. The summed E-state index contributed by atoms with van der Waals surface area (Å²) in [5.41, 5.74) is 5.36. The van der Waals surface area contributed by atoms with Crippen molar-refractivity contribution in [2.24, 2.45) is 0 Å². The van der Waals surface area contributed by atoms with Crippen LogP contribution in [0.15, 0.2) is 11.0 Å². The van der Waals surface area contributed by atoms with Crippen molar-refractivity contribution in [3.8, 4) is 0 Å². The van der Waals surface area contributed by atoms with Gasteiger partial charge in [-0.05, 0) is 0 Å². The lowest BCUT2D eigenvalue weighted by Gasteiger charge is -2.01. The van der Waals surface area contributed by atoms with Gasteiger partial charge in [0.15, 0.2) is 11.3 Å². The van der Waals surface area contributed by atoms with E-state index in [1.54, 1.807) is 0 Å². The number of rotatable bonds is 4. The molecule has 0 aliphatic carbocycles. The predicted octanol–water partition coefficient (Wildman–Crippen LogP) is -1.49. The number of imidazole rings is 1. The lowest BCUT2D eigenvalue weighted by Crippen LogP contribution is -2.16. The van der Waals surface area contributed by atoms with Crippen LogP contribution in [-0.2, 0) is 11.3 Å². The van der Waals surface area contributed by atoms with E-state index in [0.717, 1.165) is 0 Å². The summed E-state index contributed by atoms with van der Waals surface area (Å²) in [5, 5.41) is 12.5. The van der Waals surface area contributed by atoms with Crippen molar-refractivity contribution in [2.45, 2.75) is 6.61 Å². The SMILES string of the molecule is Nc1nn2c(COCCO)ncc2c(=O)[nH]1. The lowest BCUT2D eigenvalue weighted by atomic mass is 10.6. The van der Waals surface area contributed by atoms with E-state index in [9.17, 15) is 4.79 Å². The maximum Gasteiger partial charge on any atom is 0.278 e. The van der Waals surface area contributed by atoms with Crippen LogP contribution in [0.5, 0.6) is 0 Å². The molecule has 0 saturated carbocycles. The Bertz CT molecular complexity index is 546. The van der Waals surface area contributed by atoms with E-state index in [-0.39, 0.29) is 31.3 Å². The predicted molar refractivity (Wildman–Crippen MR) is 54.8 cm³/mol. The summed E-state index contributed by atoms with van der Waals surface area (Å²) < 4.78 is 6.41. The molecule has 2 aromatic heterocycles. The molecule has 0 saturated heterocycles. The standard InChI is InChI=1S/C8H11N5O3/c9-8-11-7(15)5-3-10-6(13(5)12-8)4-16-2-1-14/h3,14H,1-2,4H2,(H3,9,11,12,15). The molecule has 0 amide bonds. The first kappa shape index (κ1) is 10.6. The summed E-state index contributed by atoms with van der Waals surface area (Å²) in [5.74, 6) is 0.472. The first-order valence-electron chi connectivity index (χ1n) is 4.63. The highest BCUT2D eigenvalue weighted by Crippen LogP contribution is 2.02. The molecule has 0 radical (unpaired) electrons. The Hall–Kier alpha value is -1.93. The van der Waals surface area contributed by atoms with Gasteiger partial charge in [0.1, 0.15) is 6.61 Å². The number of nitrogen functional groups attached to an aromatic ring is 1. The Morgan fingerprint density at radius 3 is 3.19 bits per heavy atom. The number of aliphatic hydroxyl groups excluding tert-OH is 1. The van der Waals surface area contributed by atoms with Gasteiger partial charge >= 0.3 is 0 Å². The van der Waals surface area contributed by atoms with Gasteiger partial charge in [-0.2, -0.15) is 0 Å². The van der Waals surface area contributed by atoms with Crippen LogP contribution in [0, 0.1) is 0 Å². The normalized spacial score (nSPS) is 11.1. The highest BCUT2D eigenvalue weighted by Gasteiger charge is 2.08. The number of ether oxygens (including phenoxy) is 1. The Morgan fingerprint density at radius 2 is 2.44 bits per heavy atom. The fraction of sp³-hybridized carbons (Fsp3) is 0.375. The molecule has 0 spiro atoms. The summed E-state index contributed by atoms with van der Waals surface area (Å²) in [6.45, 7) is 0.289. The molecule has 0 fully saturated rings. The molecule has 2 heterocycles. The second-order valence-corrected chi connectivity index (χ2v) is 3.09. The number of fused-ring (bicyclic) bond motifs is 1. The van der Waals surface area contributed by atoms with Crippen molar-refractivity contribution in [3.63, 3.8) is 0 Å². The average Bonchev–Trinajstić information content (AvgIpc) is 2.62. The van der Waals surface area contributed by atoms with E-state index >= 15 is 0 Å². The number of nitrogens with two attached hydrogens (primary N) is 1. The molecule has 0 bridgehead atoms. The maximum absolute atomic E-state index is 11.4. The van der Waals surface area contributed by atoms with Crippen LogP contribution in [0.1, 0.15) is 5.82 Å². The zero-order valence-electron chi connectivity index (χ0n) is 8.38. The average molecular weight is 225 g/mol. The number of aliphatic hydroxyl groups is 1. The van der Waals surface area contributed by atoms with Crippen LogP contribution in [0.3, 0.4) is 0 Å². The van der Waals surface area contributed by atoms with Crippen molar-refractivity contribution >= 4 is 11.5 Å². The van der Waals surface area contributed by atoms with E-state index in [4.69, 9.17) is 15.6 Å². The van der Waals surface area contributed by atoms with Crippen molar-refractivity contribution in [2.75, 3.05) is 18.9 Å². The first-order chi connectivity index (χ1) is 7.72. The Kier molecular flexibility index (Phi) is 2.84. The largest absolute Gasteiger partial charge is 0.394 e. The quantitative estimate of drug-likeness (QED) is 0.545. The summed E-state index contributed by atoms with van der Waals surface area (Å²) >= 11 is 0. The summed E-state index contributed by atoms with van der Waals surface area (Å²) in [6.07, 6.45) is 1.39. The van der Waals surface area contributed by atoms with Crippen LogP contribution < -0.4 is 11.3 Å². The molecule has 86 valence electrons. The molecule has 0 aliphatic heterocycles. The van der Waals surface area contributed by atoms with Crippen LogP contribution in [-0.4, -0.2) is 37.9 Å². The van der Waals surface area contributed by atoms with E-state index in [0.29, 0.717) is 11.3 Å². The zero-order chi connectivity index (χ0) is 11.5. The second kappa shape index (κ2) is 4.29. The summed E-state index contributed by atoms with van der Waals surface area (Å²) in [6, 6.07) is 0. The van der Waals surface area contributed by atoms with Gasteiger partial charge in [-0.1, -0.05) is 0 Å². The summed E-state index contributed by atoms with van der Waals surface area (Å²) in [7, 11) is 0. The minimum absolute atomic E-state index is 0.0129. The minimum Gasteiger partial charge on any atom is -0.394 e. The molecule has 8 nitrogen and oxygen atoms in total. The number of anilines is 1. The Labute approximate surface area is 89.7 Å². The second-order valence-electron chi connectivity index (χ2n) is 3.09. The fourth-order valence-electron chi connectivity index (χ4n) is 1.29. The van der Waals surface area contributed by atoms with Crippen molar-refractivity contribution < 1.29 is 9.84 Å². The molecule has 0 unspecified atom stereocenters. The highest BCUT2D eigenvalue weighted by molar-refractivity contribution is 5.43. The van der Waals surface area contributed by atoms with Crippen LogP contribution in [0.2, 0.25) is 0 Å². The number of nitrogens with one attached hydrogen (secondary N) is 1. The van der Waals surface area contributed by atoms with Crippen molar-refractivity contribution in [3.05, 3.63) is 22.4 Å². The van der Waals surface area contributed by atoms with Gasteiger partial charge < -0.3 is 15.6 Å². The molecule has 4 N–H and O–H groups in total. The zero-order valence-corrected chi connectivity index (χ0v) is 8.38. The minimum atomic E-state index is -0.353. The molecule has 0 aliphatic rings. The molecule has 0 atom stereocenters.